The van der Waals surface area contributed by atoms with Crippen LogP contribution >= 0.6 is 0 Å². The van der Waals surface area contributed by atoms with Gasteiger partial charge in [-0.3, -0.25) is 9.59 Å². The van der Waals surface area contributed by atoms with Crippen LogP contribution in [-0.4, -0.2) is 58.3 Å². The summed E-state index contributed by atoms with van der Waals surface area (Å²) in [4.78, 5) is 21.9. The fourth-order valence-corrected chi connectivity index (χ4v) is 2.32. The zero-order chi connectivity index (χ0) is 20.3. The second-order valence-electron chi connectivity index (χ2n) is 7.49. The Balaban J connectivity index is 0.000000502. The summed E-state index contributed by atoms with van der Waals surface area (Å²) < 4.78 is 9.84. The molecule has 0 saturated carbocycles. The lowest BCUT2D eigenvalue weighted by Crippen LogP contribution is -2.35. The van der Waals surface area contributed by atoms with Gasteiger partial charge in [0.05, 0.1) is 37.8 Å². The molecule has 4 unspecified atom stereocenters. The van der Waals surface area contributed by atoms with E-state index in [4.69, 9.17) is 9.47 Å². The fraction of sp³-hybridized carbons (Fsp3) is 0.895. The van der Waals surface area contributed by atoms with Crippen LogP contribution in [0.5, 0.6) is 0 Å². The largest absolute Gasteiger partial charge is 0.466 e. The number of aliphatic hydroxyl groups is 3. The molecule has 0 aliphatic carbocycles. The molecular formula is C19H36O7. The summed E-state index contributed by atoms with van der Waals surface area (Å²) in [5.74, 6) is -0.289. The van der Waals surface area contributed by atoms with E-state index in [0.717, 1.165) is 6.42 Å². The molecule has 154 valence electrons. The van der Waals surface area contributed by atoms with Gasteiger partial charge < -0.3 is 24.8 Å². The average molecular weight is 376 g/mol. The van der Waals surface area contributed by atoms with Crippen molar-refractivity contribution >= 4 is 11.9 Å². The molecule has 7 heteroatoms. The molecule has 0 aromatic carbocycles. The van der Waals surface area contributed by atoms with Gasteiger partial charge in [0.1, 0.15) is 6.10 Å². The molecule has 0 aromatic rings. The van der Waals surface area contributed by atoms with Gasteiger partial charge in [0.25, 0.3) is 0 Å². The molecule has 1 aliphatic heterocycles. The van der Waals surface area contributed by atoms with Crippen LogP contribution in [0.1, 0.15) is 66.7 Å². The first-order chi connectivity index (χ1) is 12.1. The quantitative estimate of drug-likeness (QED) is 0.554. The van der Waals surface area contributed by atoms with E-state index in [-0.39, 0.29) is 37.3 Å². The van der Waals surface area contributed by atoms with Crippen molar-refractivity contribution in [2.24, 2.45) is 11.8 Å². The predicted octanol–water partition coefficient (Wildman–Crippen LogP) is 1.81. The summed E-state index contributed by atoms with van der Waals surface area (Å²) in [5.41, 5.74) is 0. The highest BCUT2D eigenvalue weighted by molar-refractivity contribution is 5.71. The summed E-state index contributed by atoms with van der Waals surface area (Å²) in [6, 6.07) is 0. The van der Waals surface area contributed by atoms with Gasteiger partial charge in [-0.2, -0.15) is 0 Å². The molecule has 0 aromatic heterocycles. The smallest absolute Gasteiger partial charge is 0.308 e. The molecule has 0 radical (unpaired) electrons. The van der Waals surface area contributed by atoms with Gasteiger partial charge in [0.2, 0.25) is 0 Å². The molecule has 1 fully saturated rings. The van der Waals surface area contributed by atoms with Crippen molar-refractivity contribution in [3.63, 3.8) is 0 Å². The highest BCUT2D eigenvalue weighted by Crippen LogP contribution is 2.20. The number of hydrogen-bond acceptors (Lipinski definition) is 7. The summed E-state index contributed by atoms with van der Waals surface area (Å²) in [6.45, 7) is 10.00. The highest BCUT2D eigenvalue weighted by atomic mass is 16.5. The second kappa shape index (κ2) is 13.1. The van der Waals surface area contributed by atoms with Gasteiger partial charge in [-0.1, -0.05) is 34.6 Å². The van der Waals surface area contributed by atoms with Crippen molar-refractivity contribution in [2.75, 3.05) is 6.61 Å². The minimum atomic E-state index is -0.813. The Hall–Kier alpha value is -1.18. The maximum absolute atomic E-state index is 11.1. The lowest BCUT2D eigenvalue weighted by atomic mass is 9.97. The third-order valence-electron chi connectivity index (χ3n) is 4.09. The van der Waals surface area contributed by atoms with E-state index < -0.39 is 24.3 Å². The molecule has 26 heavy (non-hydrogen) atoms. The van der Waals surface area contributed by atoms with E-state index in [2.05, 4.69) is 0 Å². The Morgan fingerprint density at radius 2 is 1.88 bits per heavy atom. The molecule has 1 heterocycles. The van der Waals surface area contributed by atoms with Crippen molar-refractivity contribution in [1.82, 2.24) is 0 Å². The Morgan fingerprint density at radius 3 is 2.35 bits per heavy atom. The second-order valence-corrected chi connectivity index (χ2v) is 7.49. The van der Waals surface area contributed by atoms with Crippen molar-refractivity contribution in [1.29, 1.82) is 0 Å². The van der Waals surface area contributed by atoms with Crippen molar-refractivity contribution in [2.45, 2.75) is 91.1 Å². The molecule has 1 aliphatic rings. The van der Waals surface area contributed by atoms with Crippen molar-refractivity contribution < 1.29 is 34.4 Å². The third-order valence-corrected chi connectivity index (χ3v) is 4.09. The van der Waals surface area contributed by atoms with Gasteiger partial charge in [0.15, 0.2) is 0 Å². The number of carbonyl (C=O) groups excluding carboxylic acids is 2. The Labute approximate surface area is 156 Å². The SMILES string of the molecule is CC(C)C1CC(O)CC(=O)O1.CCCOC(=O)CC(O)CC(O)C(C)C. The molecule has 4 atom stereocenters. The van der Waals surface area contributed by atoms with E-state index in [1.807, 2.05) is 34.6 Å². The monoisotopic (exact) mass is 376 g/mol. The van der Waals surface area contributed by atoms with Crippen LogP contribution in [0.3, 0.4) is 0 Å². The van der Waals surface area contributed by atoms with Crippen LogP contribution in [0, 0.1) is 11.8 Å². The van der Waals surface area contributed by atoms with Crippen LogP contribution in [0.15, 0.2) is 0 Å². The van der Waals surface area contributed by atoms with Gasteiger partial charge in [0, 0.05) is 12.8 Å². The third kappa shape index (κ3) is 11.4. The number of hydrogen-bond donors (Lipinski definition) is 3. The van der Waals surface area contributed by atoms with Gasteiger partial charge in [-0.25, -0.2) is 0 Å². The minimum Gasteiger partial charge on any atom is -0.466 e. The lowest BCUT2D eigenvalue weighted by Gasteiger charge is -2.28. The predicted molar refractivity (Wildman–Crippen MR) is 97.3 cm³/mol. The zero-order valence-corrected chi connectivity index (χ0v) is 16.7. The van der Waals surface area contributed by atoms with E-state index in [1.165, 1.54) is 0 Å². The van der Waals surface area contributed by atoms with Gasteiger partial charge in [-0.05, 0) is 18.3 Å². The van der Waals surface area contributed by atoms with Crippen LogP contribution in [0.2, 0.25) is 0 Å². The molecule has 7 nitrogen and oxygen atoms in total. The van der Waals surface area contributed by atoms with Crippen LogP contribution in [0.4, 0.5) is 0 Å². The minimum absolute atomic E-state index is 0.0379. The van der Waals surface area contributed by atoms with E-state index in [9.17, 15) is 24.9 Å². The van der Waals surface area contributed by atoms with Crippen LogP contribution in [-0.2, 0) is 19.1 Å². The zero-order valence-electron chi connectivity index (χ0n) is 16.7. The Kier molecular flexibility index (Phi) is 12.5. The summed E-state index contributed by atoms with van der Waals surface area (Å²) in [7, 11) is 0. The van der Waals surface area contributed by atoms with Crippen molar-refractivity contribution in [3.05, 3.63) is 0 Å². The Bertz CT molecular complexity index is 409. The van der Waals surface area contributed by atoms with Gasteiger partial charge >= 0.3 is 11.9 Å². The molecule has 1 saturated heterocycles. The summed E-state index contributed by atoms with van der Waals surface area (Å²) in [6.07, 6.45) is -0.271. The lowest BCUT2D eigenvalue weighted by molar-refractivity contribution is -0.163. The van der Waals surface area contributed by atoms with E-state index >= 15 is 0 Å². The van der Waals surface area contributed by atoms with Crippen molar-refractivity contribution in [3.8, 4) is 0 Å². The molecule has 3 N–H and O–H groups in total. The number of carbonyl (C=O) groups is 2. The molecule has 1 rings (SSSR count). The Morgan fingerprint density at radius 1 is 1.27 bits per heavy atom. The number of esters is 2. The standard InChI is InChI=1S/C11H22O4.C8H14O3/c1-4-5-15-11(14)7-9(12)6-10(13)8(2)3;1-5(2)7-3-6(9)4-8(10)11-7/h8-10,12-13H,4-7H2,1-3H3;5-7,9H,3-4H2,1-2H3. The number of rotatable bonds is 8. The summed E-state index contributed by atoms with van der Waals surface area (Å²) in [5, 5.41) is 28.1. The molecular weight excluding hydrogens is 340 g/mol. The van der Waals surface area contributed by atoms with Gasteiger partial charge in [-0.15, -0.1) is 0 Å². The molecule has 0 amide bonds. The maximum Gasteiger partial charge on any atom is 0.308 e. The summed E-state index contributed by atoms with van der Waals surface area (Å²) >= 11 is 0. The van der Waals surface area contributed by atoms with Crippen LogP contribution < -0.4 is 0 Å². The fourth-order valence-electron chi connectivity index (χ4n) is 2.32. The topological polar surface area (TPSA) is 113 Å². The molecule has 0 spiro atoms. The number of aliphatic hydroxyl groups excluding tert-OH is 3. The highest BCUT2D eigenvalue weighted by Gasteiger charge is 2.28. The first kappa shape index (κ1) is 24.8. The maximum atomic E-state index is 11.1. The first-order valence-electron chi connectivity index (χ1n) is 9.46. The van der Waals surface area contributed by atoms with E-state index in [1.54, 1.807) is 0 Å². The average Bonchev–Trinajstić information content (AvgIpc) is 2.52. The first-order valence-corrected chi connectivity index (χ1v) is 9.46. The number of cyclic esters (lactones) is 1. The number of ether oxygens (including phenoxy) is 2. The normalized spacial score (nSPS) is 22.3. The van der Waals surface area contributed by atoms with Crippen LogP contribution in [0.25, 0.3) is 0 Å². The van der Waals surface area contributed by atoms with E-state index in [0.29, 0.717) is 18.9 Å². The molecule has 0 bridgehead atoms.